The van der Waals surface area contributed by atoms with Gasteiger partial charge in [0.1, 0.15) is 23.9 Å². The van der Waals surface area contributed by atoms with Crippen LogP contribution in [0.4, 0.5) is 0 Å². The Morgan fingerprint density at radius 1 is 1.28 bits per heavy atom. The van der Waals surface area contributed by atoms with Gasteiger partial charge in [-0.05, 0) is 36.3 Å². The first kappa shape index (κ1) is 18.2. The quantitative estimate of drug-likeness (QED) is 0.832. The molecule has 0 aliphatic heterocycles. The van der Waals surface area contributed by atoms with Gasteiger partial charge in [0, 0.05) is 17.5 Å². The summed E-state index contributed by atoms with van der Waals surface area (Å²) in [6.45, 7) is 11.7. The molecule has 25 heavy (non-hydrogen) atoms. The van der Waals surface area contributed by atoms with Crippen molar-refractivity contribution in [1.29, 1.82) is 0 Å². The highest BCUT2D eigenvalue weighted by atomic mass is 16.5. The molecule has 2 aromatic rings. The molecule has 0 radical (unpaired) electrons. The van der Waals surface area contributed by atoms with Crippen molar-refractivity contribution in [2.24, 2.45) is 11.3 Å². The van der Waals surface area contributed by atoms with E-state index in [9.17, 15) is 0 Å². The molecule has 0 bridgehead atoms. The molecule has 0 amide bonds. The molecule has 2 N–H and O–H groups in total. The van der Waals surface area contributed by atoms with Crippen molar-refractivity contribution in [3.63, 3.8) is 0 Å². The van der Waals surface area contributed by atoms with E-state index in [2.05, 4.69) is 51.2 Å². The number of furan rings is 1. The molecular formula is C20H30N2O3. The second kappa shape index (κ2) is 6.61. The highest BCUT2D eigenvalue weighted by Crippen LogP contribution is 2.48. The Morgan fingerprint density at radius 2 is 2.00 bits per heavy atom. The van der Waals surface area contributed by atoms with Gasteiger partial charge in [-0.15, -0.1) is 0 Å². The molecule has 5 heteroatoms. The lowest BCUT2D eigenvalue weighted by molar-refractivity contribution is 0.0114. The lowest BCUT2D eigenvalue weighted by Gasteiger charge is -2.52. The number of nitrogens with one attached hydrogen (secondary N) is 1. The summed E-state index contributed by atoms with van der Waals surface area (Å²) >= 11 is 0. The highest BCUT2D eigenvalue weighted by molar-refractivity contribution is 5.16. The summed E-state index contributed by atoms with van der Waals surface area (Å²) in [4.78, 5) is 0. The van der Waals surface area contributed by atoms with Gasteiger partial charge in [-0.1, -0.05) is 39.8 Å². The van der Waals surface area contributed by atoms with Crippen LogP contribution in [0.25, 0.3) is 0 Å². The minimum absolute atomic E-state index is 0.000928. The average Bonchev–Trinajstić information content (AvgIpc) is 3.18. The minimum Gasteiger partial charge on any atom is -0.462 e. The molecule has 2 unspecified atom stereocenters. The third-order valence-electron chi connectivity index (χ3n) is 5.62. The summed E-state index contributed by atoms with van der Waals surface area (Å²) < 4.78 is 11.1. The maximum Gasteiger partial charge on any atom is 0.142 e. The van der Waals surface area contributed by atoms with Crippen molar-refractivity contribution in [3.8, 4) is 0 Å². The van der Waals surface area contributed by atoms with E-state index in [1.807, 2.05) is 12.1 Å². The van der Waals surface area contributed by atoms with Gasteiger partial charge in [0.2, 0.25) is 0 Å². The van der Waals surface area contributed by atoms with E-state index in [-0.39, 0.29) is 17.4 Å². The largest absolute Gasteiger partial charge is 0.462 e. The maximum atomic E-state index is 9.07. The van der Waals surface area contributed by atoms with E-state index in [1.165, 1.54) is 0 Å². The summed E-state index contributed by atoms with van der Waals surface area (Å²) in [7, 11) is 0. The molecule has 0 spiro atoms. The first-order chi connectivity index (χ1) is 11.7. The molecule has 1 aliphatic rings. The van der Waals surface area contributed by atoms with Gasteiger partial charge in [0.25, 0.3) is 0 Å². The van der Waals surface area contributed by atoms with Crippen LogP contribution in [0.5, 0.6) is 0 Å². The van der Waals surface area contributed by atoms with E-state index in [1.54, 1.807) is 0 Å². The van der Waals surface area contributed by atoms with Gasteiger partial charge < -0.3 is 19.4 Å². The number of hydrogen-bond acceptors (Lipinski definition) is 5. The third kappa shape index (κ3) is 3.82. The van der Waals surface area contributed by atoms with Gasteiger partial charge in [-0.3, -0.25) is 0 Å². The molecule has 2 aromatic heterocycles. The Balaban J connectivity index is 1.53. The predicted molar refractivity (Wildman–Crippen MR) is 96.1 cm³/mol. The van der Waals surface area contributed by atoms with Crippen LogP contribution in [0.1, 0.15) is 64.0 Å². The van der Waals surface area contributed by atoms with Crippen LogP contribution >= 0.6 is 0 Å². The van der Waals surface area contributed by atoms with E-state index in [0.29, 0.717) is 24.3 Å². The summed E-state index contributed by atoms with van der Waals surface area (Å²) in [6, 6.07) is 6.30. The van der Waals surface area contributed by atoms with Crippen LogP contribution in [-0.2, 0) is 25.0 Å². The van der Waals surface area contributed by atoms with Crippen molar-refractivity contribution in [3.05, 3.63) is 41.2 Å². The number of aliphatic hydroxyl groups excluding tert-OH is 1. The fourth-order valence-corrected chi connectivity index (χ4v) is 3.55. The van der Waals surface area contributed by atoms with Crippen LogP contribution in [0.2, 0.25) is 0 Å². The zero-order chi connectivity index (χ0) is 18.2. The third-order valence-corrected chi connectivity index (χ3v) is 5.62. The number of aromatic nitrogens is 1. The number of aliphatic hydroxyl groups is 1. The lowest BCUT2D eigenvalue weighted by atomic mass is 9.57. The van der Waals surface area contributed by atoms with E-state index < -0.39 is 0 Å². The van der Waals surface area contributed by atoms with Crippen LogP contribution < -0.4 is 5.32 Å². The smallest absolute Gasteiger partial charge is 0.142 e. The predicted octanol–water partition coefficient (Wildman–Crippen LogP) is 3.80. The molecule has 138 valence electrons. The van der Waals surface area contributed by atoms with Crippen molar-refractivity contribution >= 4 is 0 Å². The fraction of sp³-hybridized carbons (Fsp3) is 0.650. The van der Waals surface area contributed by atoms with E-state index in [0.717, 1.165) is 30.1 Å². The first-order valence-electron chi connectivity index (χ1n) is 9.08. The van der Waals surface area contributed by atoms with Crippen LogP contribution in [0.15, 0.2) is 27.1 Å². The van der Waals surface area contributed by atoms with Gasteiger partial charge in [0.05, 0.1) is 12.2 Å². The number of rotatable bonds is 6. The van der Waals surface area contributed by atoms with Crippen molar-refractivity contribution < 1.29 is 14.0 Å². The van der Waals surface area contributed by atoms with Crippen molar-refractivity contribution in [1.82, 2.24) is 10.5 Å². The van der Waals surface area contributed by atoms with Crippen molar-refractivity contribution in [2.45, 2.75) is 72.1 Å². The first-order valence-corrected chi connectivity index (χ1v) is 9.08. The summed E-state index contributed by atoms with van der Waals surface area (Å²) in [5, 5.41) is 16.9. The topological polar surface area (TPSA) is 71.4 Å². The monoisotopic (exact) mass is 346 g/mol. The molecule has 3 rings (SSSR count). The zero-order valence-corrected chi connectivity index (χ0v) is 15.9. The fourth-order valence-electron chi connectivity index (χ4n) is 3.55. The molecule has 0 aromatic carbocycles. The summed E-state index contributed by atoms with van der Waals surface area (Å²) in [5.74, 6) is 3.03. The lowest BCUT2D eigenvalue weighted by Crippen LogP contribution is -2.57. The van der Waals surface area contributed by atoms with Crippen molar-refractivity contribution in [2.75, 3.05) is 0 Å². The molecule has 2 atom stereocenters. The van der Waals surface area contributed by atoms with Gasteiger partial charge in [0.15, 0.2) is 0 Å². The standard InChI is InChI=1S/C20H30N2O3/c1-19(2,3)18-10-14(22-25-18)8-13-9-17(20(13,4)5)21-11-15-6-7-16(12-23)24-15/h6-7,10,13,17,21,23H,8-9,11-12H2,1-5H3. The average molecular weight is 346 g/mol. The molecule has 0 saturated heterocycles. The zero-order valence-electron chi connectivity index (χ0n) is 15.9. The van der Waals surface area contributed by atoms with Gasteiger partial charge in [-0.25, -0.2) is 0 Å². The normalized spacial score (nSPS) is 22.8. The minimum atomic E-state index is -0.0503. The maximum absolute atomic E-state index is 9.07. The Kier molecular flexibility index (Phi) is 4.82. The number of hydrogen-bond donors (Lipinski definition) is 2. The second-order valence-corrected chi connectivity index (χ2v) is 8.85. The second-order valence-electron chi connectivity index (χ2n) is 8.85. The van der Waals surface area contributed by atoms with Crippen LogP contribution in [0.3, 0.4) is 0 Å². The van der Waals surface area contributed by atoms with Gasteiger partial charge >= 0.3 is 0 Å². The molecule has 5 nitrogen and oxygen atoms in total. The molecular weight excluding hydrogens is 316 g/mol. The van der Waals surface area contributed by atoms with E-state index >= 15 is 0 Å². The Labute approximate surface area is 149 Å². The Hall–Kier alpha value is -1.59. The molecule has 1 aliphatic carbocycles. The van der Waals surface area contributed by atoms with Crippen LogP contribution in [-0.4, -0.2) is 16.3 Å². The number of nitrogens with zero attached hydrogens (tertiary/aromatic N) is 1. The van der Waals surface area contributed by atoms with Crippen LogP contribution in [0, 0.1) is 11.3 Å². The van der Waals surface area contributed by atoms with Gasteiger partial charge in [-0.2, -0.15) is 0 Å². The molecule has 1 saturated carbocycles. The Bertz CT molecular complexity index is 709. The molecule has 2 heterocycles. The highest BCUT2D eigenvalue weighted by Gasteiger charge is 2.47. The Morgan fingerprint density at radius 3 is 2.56 bits per heavy atom. The summed E-state index contributed by atoms with van der Waals surface area (Å²) in [6.07, 6.45) is 2.08. The summed E-state index contributed by atoms with van der Waals surface area (Å²) in [5.41, 5.74) is 1.26. The molecule has 1 fully saturated rings. The SMILES string of the molecule is CC(C)(C)c1cc(CC2CC(NCc3ccc(CO)o3)C2(C)C)no1. The van der Waals surface area contributed by atoms with E-state index in [4.69, 9.17) is 14.0 Å².